The van der Waals surface area contributed by atoms with Crippen molar-refractivity contribution in [2.45, 2.75) is 109 Å². The summed E-state index contributed by atoms with van der Waals surface area (Å²) in [6.07, 6.45) is 16.3. The van der Waals surface area contributed by atoms with E-state index in [0.29, 0.717) is 18.6 Å². The highest BCUT2D eigenvalue weighted by Crippen LogP contribution is 2.29. The first-order valence-corrected chi connectivity index (χ1v) is 9.57. The van der Waals surface area contributed by atoms with Crippen molar-refractivity contribution in [3.63, 3.8) is 0 Å². The summed E-state index contributed by atoms with van der Waals surface area (Å²) in [5.41, 5.74) is 0. The molecule has 3 nitrogen and oxygen atoms in total. The zero-order valence-corrected chi connectivity index (χ0v) is 14.8. The van der Waals surface area contributed by atoms with Gasteiger partial charge in [-0.1, -0.05) is 39.0 Å². The second-order valence-electron chi connectivity index (χ2n) is 6.59. The van der Waals surface area contributed by atoms with E-state index in [1.165, 1.54) is 51.4 Å². The number of ether oxygens (including phenoxy) is 1. The fourth-order valence-corrected chi connectivity index (χ4v) is 2.90. The van der Waals surface area contributed by atoms with Crippen LogP contribution in [0.15, 0.2) is 0 Å². The van der Waals surface area contributed by atoms with Gasteiger partial charge in [-0.2, -0.15) is 0 Å². The lowest BCUT2D eigenvalue weighted by Gasteiger charge is -1.99. The molecule has 0 spiro atoms. The molecule has 0 aliphatic carbocycles. The average Bonchev–Trinajstić information content (AvgIpc) is 3.29. The molecule has 1 fully saturated rings. The molecule has 1 rings (SSSR count). The number of aliphatic carboxylic acids is 1. The fourth-order valence-electron chi connectivity index (χ4n) is 2.90. The molecule has 0 amide bonds. The number of hydrogen-bond acceptors (Lipinski definition) is 2. The Kier molecular flexibility index (Phi) is 11.7. The number of epoxide rings is 1. The van der Waals surface area contributed by atoms with Crippen LogP contribution in [0.25, 0.3) is 0 Å². The molecule has 0 saturated carbocycles. The Balaban J connectivity index is 1.73. The lowest BCUT2D eigenvalue weighted by atomic mass is 10.1. The Hall–Kier alpha value is -1.01. The van der Waals surface area contributed by atoms with E-state index in [2.05, 4.69) is 18.8 Å². The molecule has 0 unspecified atom stereocenters. The quantitative estimate of drug-likeness (QED) is 0.267. The number of hydrogen-bond donors (Lipinski definition) is 1. The van der Waals surface area contributed by atoms with Crippen LogP contribution < -0.4 is 0 Å². The summed E-state index contributed by atoms with van der Waals surface area (Å²) >= 11 is 0. The average molecular weight is 322 g/mol. The van der Waals surface area contributed by atoms with Gasteiger partial charge in [0.1, 0.15) is 0 Å². The second-order valence-corrected chi connectivity index (χ2v) is 6.59. The van der Waals surface area contributed by atoms with Gasteiger partial charge < -0.3 is 9.84 Å². The van der Waals surface area contributed by atoms with E-state index < -0.39 is 5.97 Å². The molecular formula is C20H34O3. The molecule has 2 atom stereocenters. The predicted octanol–water partition coefficient (Wildman–Crippen LogP) is 5.32. The molecule has 1 saturated heterocycles. The second kappa shape index (κ2) is 13.4. The first-order valence-electron chi connectivity index (χ1n) is 9.57. The van der Waals surface area contributed by atoms with E-state index in [9.17, 15) is 4.79 Å². The topological polar surface area (TPSA) is 49.8 Å². The monoisotopic (exact) mass is 322 g/mol. The van der Waals surface area contributed by atoms with Gasteiger partial charge in [-0.05, 0) is 38.5 Å². The number of carbonyl (C=O) groups is 1. The van der Waals surface area contributed by atoms with Gasteiger partial charge >= 0.3 is 5.97 Å². The van der Waals surface area contributed by atoms with Gasteiger partial charge in [0.15, 0.2) is 0 Å². The summed E-state index contributed by atoms with van der Waals surface area (Å²) in [4.78, 5) is 10.4. The highest BCUT2D eigenvalue weighted by Gasteiger charge is 2.35. The summed E-state index contributed by atoms with van der Waals surface area (Å²) in [6, 6.07) is 0. The largest absolute Gasteiger partial charge is 0.481 e. The Morgan fingerprint density at radius 2 is 1.43 bits per heavy atom. The van der Waals surface area contributed by atoms with Crippen LogP contribution in [0.4, 0.5) is 0 Å². The molecule has 132 valence electrons. The van der Waals surface area contributed by atoms with E-state index >= 15 is 0 Å². The van der Waals surface area contributed by atoms with Crippen LogP contribution in [0.2, 0.25) is 0 Å². The van der Waals surface area contributed by atoms with E-state index in [-0.39, 0.29) is 0 Å². The van der Waals surface area contributed by atoms with Crippen LogP contribution in [-0.4, -0.2) is 23.3 Å². The lowest BCUT2D eigenvalue weighted by Crippen LogP contribution is -1.93. The first kappa shape index (κ1) is 20.0. The lowest BCUT2D eigenvalue weighted by molar-refractivity contribution is -0.137. The van der Waals surface area contributed by atoms with E-state index in [1.807, 2.05) is 0 Å². The maximum atomic E-state index is 10.4. The van der Waals surface area contributed by atoms with Crippen molar-refractivity contribution in [3.8, 4) is 11.8 Å². The van der Waals surface area contributed by atoms with Gasteiger partial charge in [-0.3, -0.25) is 4.79 Å². The third-order valence-corrected chi connectivity index (χ3v) is 4.45. The van der Waals surface area contributed by atoms with Gasteiger partial charge in [0.25, 0.3) is 0 Å². The molecule has 0 aromatic heterocycles. The molecule has 23 heavy (non-hydrogen) atoms. The highest BCUT2D eigenvalue weighted by molar-refractivity contribution is 5.66. The van der Waals surface area contributed by atoms with Crippen LogP contribution in [-0.2, 0) is 9.53 Å². The zero-order chi connectivity index (χ0) is 16.8. The fraction of sp³-hybridized carbons (Fsp3) is 0.850. The van der Waals surface area contributed by atoms with Crippen molar-refractivity contribution in [2.24, 2.45) is 0 Å². The predicted molar refractivity (Wildman–Crippen MR) is 94.4 cm³/mol. The van der Waals surface area contributed by atoms with Crippen molar-refractivity contribution in [1.82, 2.24) is 0 Å². The maximum absolute atomic E-state index is 10.4. The molecule has 3 heteroatoms. The van der Waals surface area contributed by atoms with Crippen molar-refractivity contribution < 1.29 is 14.6 Å². The van der Waals surface area contributed by atoms with Crippen molar-refractivity contribution >= 4 is 5.97 Å². The minimum Gasteiger partial charge on any atom is -0.481 e. The molecule has 0 bridgehead atoms. The van der Waals surface area contributed by atoms with Gasteiger partial charge in [0.05, 0.1) is 12.2 Å². The Labute approximate surface area is 142 Å². The molecule has 0 radical (unpaired) electrons. The first-order chi connectivity index (χ1) is 11.2. The summed E-state index contributed by atoms with van der Waals surface area (Å²) in [5, 5.41) is 8.53. The third kappa shape index (κ3) is 12.1. The molecule has 1 heterocycles. The van der Waals surface area contributed by atoms with Crippen molar-refractivity contribution in [1.29, 1.82) is 0 Å². The summed E-state index contributed by atoms with van der Waals surface area (Å²) in [7, 11) is 0. The number of carboxylic acids is 1. The number of unbranched alkanes of at least 4 members (excludes halogenated alkanes) is 9. The third-order valence-electron chi connectivity index (χ3n) is 4.45. The summed E-state index contributed by atoms with van der Waals surface area (Å²) in [6.45, 7) is 2.19. The Morgan fingerprint density at radius 3 is 2.00 bits per heavy atom. The van der Waals surface area contributed by atoms with Crippen LogP contribution in [0, 0.1) is 11.8 Å². The van der Waals surface area contributed by atoms with Crippen LogP contribution >= 0.6 is 0 Å². The minimum atomic E-state index is -0.672. The minimum absolute atomic E-state index is 0.322. The van der Waals surface area contributed by atoms with Gasteiger partial charge in [0, 0.05) is 19.3 Å². The SMILES string of the molecule is CC[C@H]1O[C@H]1CCCCC#CCCCCCCCCCC(=O)O. The molecule has 0 aromatic carbocycles. The highest BCUT2D eigenvalue weighted by atomic mass is 16.6. The van der Waals surface area contributed by atoms with Crippen molar-refractivity contribution in [3.05, 3.63) is 0 Å². The molecule has 1 N–H and O–H groups in total. The van der Waals surface area contributed by atoms with E-state index in [0.717, 1.165) is 32.1 Å². The smallest absolute Gasteiger partial charge is 0.303 e. The number of rotatable bonds is 14. The van der Waals surface area contributed by atoms with Crippen LogP contribution in [0.3, 0.4) is 0 Å². The number of carboxylic acid groups (broad SMARTS) is 1. The van der Waals surface area contributed by atoms with Crippen LogP contribution in [0.5, 0.6) is 0 Å². The van der Waals surface area contributed by atoms with E-state index in [4.69, 9.17) is 9.84 Å². The standard InChI is InChI=1S/C20H34O3/c1-2-18-19(23-18)16-14-12-10-8-6-4-3-5-7-9-11-13-15-17-20(21)22/h18-19H,2-5,7,9-17H2,1H3,(H,21,22)/t18-,19+/m1/s1. The Bertz CT molecular complexity index is 367. The normalized spacial score (nSPS) is 19.2. The molecule has 1 aliphatic heterocycles. The molecular weight excluding hydrogens is 288 g/mol. The summed E-state index contributed by atoms with van der Waals surface area (Å²) in [5.74, 6) is 5.90. The van der Waals surface area contributed by atoms with Gasteiger partial charge in [0.2, 0.25) is 0 Å². The molecule has 1 aliphatic rings. The zero-order valence-electron chi connectivity index (χ0n) is 14.8. The maximum Gasteiger partial charge on any atom is 0.303 e. The van der Waals surface area contributed by atoms with E-state index in [1.54, 1.807) is 0 Å². The Morgan fingerprint density at radius 1 is 0.870 bits per heavy atom. The summed E-state index contributed by atoms with van der Waals surface area (Å²) < 4.78 is 5.53. The van der Waals surface area contributed by atoms with Crippen molar-refractivity contribution in [2.75, 3.05) is 0 Å². The van der Waals surface area contributed by atoms with Crippen LogP contribution in [0.1, 0.15) is 96.8 Å². The van der Waals surface area contributed by atoms with Gasteiger partial charge in [-0.25, -0.2) is 0 Å². The van der Waals surface area contributed by atoms with Gasteiger partial charge in [-0.15, -0.1) is 11.8 Å². The molecule has 0 aromatic rings.